The molecule has 0 spiro atoms. The molecular formula is C17H29ClN2O2. The van der Waals surface area contributed by atoms with Gasteiger partial charge in [0.15, 0.2) is 0 Å². The lowest BCUT2D eigenvalue weighted by atomic mass is 9.85. The summed E-state index contributed by atoms with van der Waals surface area (Å²) in [6.07, 6.45) is 0.724. The average Bonchev–Trinajstić information content (AvgIpc) is 2.38. The lowest BCUT2D eigenvalue weighted by Gasteiger charge is -2.26. The van der Waals surface area contributed by atoms with Gasteiger partial charge in [-0.2, -0.15) is 0 Å². The Hall–Kier alpha value is -1.26. The van der Waals surface area contributed by atoms with Crippen LogP contribution in [-0.2, 0) is 0 Å². The van der Waals surface area contributed by atoms with Crippen LogP contribution in [0.3, 0.4) is 0 Å². The fourth-order valence-electron chi connectivity index (χ4n) is 2.67. The second-order valence-corrected chi connectivity index (χ2v) is 6.09. The molecule has 2 atom stereocenters. The second kappa shape index (κ2) is 9.70. The quantitative estimate of drug-likeness (QED) is 0.795. The molecule has 4 nitrogen and oxygen atoms in total. The zero-order chi connectivity index (χ0) is 16.0. The summed E-state index contributed by atoms with van der Waals surface area (Å²) in [7, 11) is 7.55. The number of benzene rings is 1. The normalized spacial score (nSPS) is 13.2. The Bertz CT molecular complexity index is 464. The molecule has 5 heteroatoms. The Morgan fingerprint density at radius 3 is 2.36 bits per heavy atom. The summed E-state index contributed by atoms with van der Waals surface area (Å²) >= 11 is 0. The van der Waals surface area contributed by atoms with Crippen molar-refractivity contribution in [2.75, 3.05) is 34.7 Å². The van der Waals surface area contributed by atoms with E-state index in [0.717, 1.165) is 13.0 Å². The van der Waals surface area contributed by atoms with Crippen LogP contribution in [0.1, 0.15) is 31.7 Å². The zero-order valence-electron chi connectivity index (χ0n) is 14.5. The number of carbonyl (C=O) groups is 1. The first-order chi connectivity index (χ1) is 9.85. The molecule has 0 unspecified atom stereocenters. The molecule has 0 radical (unpaired) electrons. The third kappa shape index (κ3) is 6.24. The molecule has 0 bridgehead atoms. The standard InChI is InChI=1S/C17H28N2O2.ClH/c1-7-16(13(2)12-18(3)4)14-9-8-10-15(11-14)21-17(20)19(5)6;/h8-11,13,16H,7,12H2,1-6H3;1H/t13-,16+;/m0./s1. The predicted octanol–water partition coefficient (Wildman–Crippen LogP) is 3.86. The lowest BCUT2D eigenvalue weighted by molar-refractivity contribution is 0.172. The van der Waals surface area contributed by atoms with Gasteiger partial charge in [-0.1, -0.05) is 26.0 Å². The topological polar surface area (TPSA) is 32.8 Å². The molecular weight excluding hydrogens is 300 g/mol. The molecule has 22 heavy (non-hydrogen) atoms. The molecule has 126 valence electrons. The molecule has 0 saturated heterocycles. The summed E-state index contributed by atoms with van der Waals surface area (Å²) in [6.45, 7) is 5.52. The lowest BCUT2D eigenvalue weighted by Crippen LogP contribution is -2.26. The van der Waals surface area contributed by atoms with E-state index in [9.17, 15) is 4.79 Å². The molecule has 1 rings (SSSR count). The van der Waals surface area contributed by atoms with Gasteiger partial charge in [0.2, 0.25) is 0 Å². The highest BCUT2D eigenvalue weighted by Crippen LogP contribution is 2.30. The Morgan fingerprint density at radius 1 is 1.23 bits per heavy atom. The van der Waals surface area contributed by atoms with E-state index >= 15 is 0 Å². The van der Waals surface area contributed by atoms with E-state index in [4.69, 9.17) is 4.74 Å². The minimum atomic E-state index is -0.346. The highest BCUT2D eigenvalue weighted by Gasteiger charge is 2.19. The van der Waals surface area contributed by atoms with Gasteiger partial charge in [0.25, 0.3) is 0 Å². The van der Waals surface area contributed by atoms with Crippen LogP contribution in [0.2, 0.25) is 0 Å². The van der Waals surface area contributed by atoms with Crippen molar-refractivity contribution in [3.8, 4) is 5.75 Å². The van der Waals surface area contributed by atoms with Crippen molar-refractivity contribution in [1.82, 2.24) is 9.80 Å². The molecule has 0 heterocycles. The minimum absolute atomic E-state index is 0. The van der Waals surface area contributed by atoms with Crippen molar-refractivity contribution in [1.29, 1.82) is 0 Å². The van der Waals surface area contributed by atoms with Gasteiger partial charge in [-0.05, 0) is 50.0 Å². The predicted molar refractivity (Wildman–Crippen MR) is 94.2 cm³/mol. The van der Waals surface area contributed by atoms with Gasteiger partial charge in [0.1, 0.15) is 5.75 Å². The van der Waals surface area contributed by atoms with Gasteiger partial charge in [-0.25, -0.2) is 4.79 Å². The molecule has 1 amide bonds. The maximum atomic E-state index is 11.6. The molecule has 0 fully saturated rings. The third-order valence-electron chi connectivity index (χ3n) is 3.64. The fraction of sp³-hybridized carbons (Fsp3) is 0.588. The summed E-state index contributed by atoms with van der Waals surface area (Å²) < 4.78 is 5.35. The summed E-state index contributed by atoms with van der Waals surface area (Å²) in [5.74, 6) is 1.62. The molecule has 0 N–H and O–H groups in total. The maximum absolute atomic E-state index is 11.6. The van der Waals surface area contributed by atoms with Crippen LogP contribution >= 0.6 is 12.4 Å². The van der Waals surface area contributed by atoms with E-state index in [-0.39, 0.29) is 18.5 Å². The SMILES string of the molecule is CC[C@@H](c1cccc(OC(=O)N(C)C)c1)[C@@H](C)CN(C)C.Cl. The summed E-state index contributed by atoms with van der Waals surface area (Å²) in [6, 6.07) is 7.89. The highest BCUT2D eigenvalue weighted by atomic mass is 35.5. The van der Waals surface area contributed by atoms with Gasteiger partial charge in [0, 0.05) is 20.6 Å². The van der Waals surface area contributed by atoms with Crippen molar-refractivity contribution in [2.24, 2.45) is 5.92 Å². The number of hydrogen-bond donors (Lipinski definition) is 0. The van der Waals surface area contributed by atoms with E-state index in [1.165, 1.54) is 10.5 Å². The molecule has 1 aromatic carbocycles. The molecule has 0 aliphatic carbocycles. The first kappa shape index (κ1) is 20.7. The Kier molecular flexibility index (Phi) is 9.14. The van der Waals surface area contributed by atoms with Gasteiger partial charge in [-0.3, -0.25) is 0 Å². The van der Waals surface area contributed by atoms with Crippen molar-refractivity contribution in [2.45, 2.75) is 26.2 Å². The number of halogens is 1. The first-order valence-electron chi connectivity index (χ1n) is 7.49. The molecule has 0 aliphatic rings. The van der Waals surface area contributed by atoms with Gasteiger partial charge < -0.3 is 14.5 Å². The Labute approximate surface area is 140 Å². The monoisotopic (exact) mass is 328 g/mol. The maximum Gasteiger partial charge on any atom is 0.414 e. The Morgan fingerprint density at radius 2 is 1.86 bits per heavy atom. The first-order valence-corrected chi connectivity index (χ1v) is 7.49. The van der Waals surface area contributed by atoms with Crippen molar-refractivity contribution in [3.05, 3.63) is 29.8 Å². The highest BCUT2D eigenvalue weighted by molar-refractivity contribution is 5.85. The van der Waals surface area contributed by atoms with Gasteiger partial charge in [-0.15, -0.1) is 12.4 Å². The largest absolute Gasteiger partial charge is 0.414 e. The summed E-state index contributed by atoms with van der Waals surface area (Å²) in [5.41, 5.74) is 1.23. The molecule has 0 aliphatic heterocycles. The number of ether oxygens (including phenoxy) is 1. The van der Waals surface area contributed by atoms with E-state index in [1.54, 1.807) is 14.1 Å². The van der Waals surface area contributed by atoms with Crippen LogP contribution in [0.25, 0.3) is 0 Å². The van der Waals surface area contributed by atoms with Crippen LogP contribution in [0.5, 0.6) is 5.75 Å². The Balaban J connectivity index is 0.00000441. The van der Waals surface area contributed by atoms with Crippen LogP contribution in [-0.4, -0.2) is 50.6 Å². The smallest absolute Gasteiger partial charge is 0.410 e. The van der Waals surface area contributed by atoms with E-state index in [2.05, 4.69) is 38.9 Å². The number of rotatable bonds is 6. The van der Waals surface area contributed by atoms with Crippen LogP contribution in [0.4, 0.5) is 4.79 Å². The van der Waals surface area contributed by atoms with Crippen LogP contribution in [0.15, 0.2) is 24.3 Å². The number of amides is 1. The zero-order valence-corrected chi connectivity index (χ0v) is 15.3. The van der Waals surface area contributed by atoms with E-state index in [1.807, 2.05) is 18.2 Å². The second-order valence-electron chi connectivity index (χ2n) is 6.09. The van der Waals surface area contributed by atoms with Crippen molar-refractivity contribution < 1.29 is 9.53 Å². The molecule has 0 aromatic heterocycles. The van der Waals surface area contributed by atoms with Crippen LogP contribution < -0.4 is 4.74 Å². The minimum Gasteiger partial charge on any atom is -0.410 e. The van der Waals surface area contributed by atoms with E-state index < -0.39 is 0 Å². The number of carbonyl (C=O) groups excluding carboxylic acids is 1. The summed E-state index contributed by atoms with van der Waals surface area (Å²) in [4.78, 5) is 15.3. The van der Waals surface area contributed by atoms with Gasteiger partial charge in [0.05, 0.1) is 0 Å². The average molecular weight is 329 g/mol. The van der Waals surface area contributed by atoms with E-state index in [0.29, 0.717) is 17.6 Å². The van der Waals surface area contributed by atoms with Crippen molar-refractivity contribution >= 4 is 18.5 Å². The molecule has 1 aromatic rings. The third-order valence-corrected chi connectivity index (χ3v) is 3.64. The number of nitrogens with zero attached hydrogens (tertiary/aromatic N) is 2. The fourth-order valence-corrected chi connectivity index (χ4v) is 2.67. The van der Waals surface area contributed by atoms with Gasteiger partial charge >= 0.3 is 6.09 Å². The molecule has 0 saturated carbocycles. The van der Waals surface area contributed by atoms with Crippen LogP contribution in [0, 0.1) is 5.92 Å². The van der Waals surface area contributed by atoms with Crippen molar-refractivity contribution in [3.63, 3.8) is 0 Å². The summed E-state index contributed by atoms with van der Waals surface area (Å²) in [5, 5.41) is 0. The number of hydrogen-bond acceptors (Lipinski definition) is 3.